The van der Waals surface area contributed by atoms with Crippen molar-refractivity contribution in [3.05, 3.63) is 70.7 Å². The van der Waals surface area contributed by atoms with Crippen LogP contribution in [-0.4, -0.2) is 68.1 Å². The predicted octanol–water partition coefficient (Wildman–Crippen LogP) is 3.93. The molecule has 0 amide bonds. The summed E-state index contributed by atoms with van der Waals surface area (Å²) in [4.78, 5) is 2.21. The van der Waals surface area contributed by atoms with Crippen molar-refractivity contribution in [3.63, 3.8) is 0 Å². The number of benzene rings is 3. The first-order chi connectivity index (χ1) is 15.3. The van der Waals surface area contributed by atoms with Gasteiger partial charge in [-0.3, -0.25) is 4.90 Å². The van der Waals surface area contributed by atoms with Crippen molar-refractivity contribution in [2.24, 2.45) is 0 Å². The average Bonchev–Trinajstić information content (AvgIpc) is 2.78. The zero-order valence-corrected chi connectivity index (χ0v) is 19.7. The van der Waals surface area contributed by atoms with Gasteiger partial charge >= 0.3 is 0 Å². The van der Waals surface area contributed by atoms with Gasteiger partial charge in [-0.05, 0) is 47.2 Å². The van der Waals surface area contributed by atoms with Gasteiger partial charge in [-0.15, -0.1) is 0 Å². The third-order valence-electron chi connectivity index (χ3n) is 5.60. The Balaban J connectivity index is 1.28. The Hall–Kier alpha value is -1.87. The van der Waals surface area contributed by atoms with E-state index in [0.29, 0.717) is 44.3 Å². The monoisotopic (exact) mass is 493 g/mol. The SMILES string of the molecule is O=S(=O)(c1ccccc1Cl)N1CCN(CC(O)CNc2ccc3cc(Cl)ccc3c2)CC1. The van der Waals surface area contributed by atoms with E-state index >= 15 is 0 Å². The van der Waals surface area contributed by atoms with E-state index in [-0.39, 0.29) is 9.92 Å². The van der Waals surface area contributed by atoms with Crippen LogP contribution in [0.2, 0.25) is 10.0 Å². The predicted molar refractivity (Wildman–Crippen MR) is 130 cm³/mol. The first-order valence-corrected chi connectivity index (χ1v) is 12.6. The summed E-state index contributed by atoms with van der Waals surface area (Å²) in [6.45, 7) is 2.70. The number of aliphatic hydroxyl groups excluding tert-OH is 1. The fourth-order valence-corrected chi connectivity index (χ4v) is 5.97. The normalized spacial score (nSPS) is 16.8. The minimum Gasteiger partial charge on any atom is -0.390 e. The maximum Gasteiger partial charge on any atom is 0.244 e. The van der Waals surface area contributed by atoms with E-state index < -0.39 is 16.1 Å². The van der Waals surface area contributed by atoms with E-state index in [1.807, 2.05) is 36.4 Å². The Morgan fingerprint density at radius 2 is 1.62 bits per heavy atom. The van der Waals surface area contributed by atoms with Crippen LogP contribution in [0.1, 0.15) is 0 Å². The summed E-state index contributed by atoms with van der Waals surface area (Å²) >= 11 is 12.1. The third-order valence-corrected chi connectivity index (χ3v) is 8.23. The molecule has 1 unspecified atom stereocenters. The number of rotatable bonds is 7. The van der Waals surface area contributed by atoms with Gasteiger partial charge in [0.15, 0.2) is 0 Å². The first kappa shape index (κ1) is 23.3. The molecule has 1 saturated heterocycles. The molecule has 9 heteroatoms. The van der Waals surface area contributed by atoms with Gasteiger partial charge in [-0.25, -0.2) is 8.42 Å². The molecular formula is C23H25Cl2N3O3S. The highest BCUT2D eigenvalue weighted by Crippen LogP contribution is 2.25. The molecule has 1 aliphatic heterocycles. The van der Waals surface area contributed by atoms with E-state index in [2.05, 4.69) is 10.2 Å². The molecule has 2 N–H and O–H groups in total. The maximum absolute atomic E-state index is 12.9. The van der Waals surface area contributed by atoms with Gasteiger partial charge in [0.2, 0.25) is 10.0 Å². The molecule has 4 rings (SSSR count). The second kappa shape index (κ2) is 9.95. The molecule has 1 aliphatic rings. The van der Waals surface area contributed by atoms with Crippen LogP contribution in [0, 0.1) is 0 Å². The van der Waals surface area contributed by atoms with Gasteiger partial charge in [-0.2, -0.15) is 4.31 Å². The number of nitrogens with zero attached hydrogens (tertiary/aromatic N) is 2. The third kappa shape index (κ3) is 5.36. The molecule has 1 heterocycles. The number of fused-ring (bicyclic) bond motifs is 1. The number of hydrogen-bond donors (Lipinski definition) is 2. The van der Waals surface area contributed by atoms with Crippen LogP contribution >= 0.6 is 23.2 Å². The van der Waals surface area contributed by atoms with Crippen molar-refractivity contribution < 1.29 is 13.5 Å². The molecule has 3 aromatic rings. The summed E-state index contributed by atoms with van der Waals surface area (Å²) in [7, 11) is -3.62. The van der Waals surface area contributed by atoms with Gasteiger partial charge in [0, 0.05) is 50.0 Å². The van der Waals surface area contributed by atoms with E-state index in [1.165, 1.54) is 10.4 Å². The average molecular weight is 494 g/mol. The lowest BCUT2D eigenvalue weighted by molar-refractivity contribution is 0.0994. The van der Waals surface area contributed by atoms with Gasteiger partial charge in [0.05, 0.1) is 11.1 Å². The Morgan fingerprint density at radius 1 is 0.938 bits per heavy atom. The summed E-state index contributed by atoms with van der Waals surface area (Å²) in [5.74, 6) is 0. The largest absolute Gasteiger partial charge is 0.390 e. The van der Waals surface area contributed by atoms with Crippen molar-refractivity contribution in [2.45, 2.75) is 11.0 Å². The smallest absolute Gasteiger partial charge is 0.244 e. The van der Waals surface area contributed by atoms with E-state index in [9.17, 15) is 13.5 Å². The summed E-state index contributed by atoms with van der Waals surface area (Å²) in [6.07, 6.45) is -0.581. The molecule has 0 saturated carbocycles. The number of piperazine rings is 1. The highest BCUT2D eigenvalue weighted by atomic mass is 35.5. The highest BCUT2D eigenvalue weighted by Gasteiger charge is 2.30. The van der Waals surface area contributed by atoms with Crippen molar-refractivity contribution in [1.82, 2.24) is 9.21 Å². The minimum atomic E-state index is -3.62. The summed E-state index contributed by atoms with van der Waals surface area (Å²) in [5, 5.41) is 16.8. The van der Waals surface area contributed by atoms with Gasteiger partial charge in [-0.1, -0.05) is 47.5 Å². The second-order valence-electron chi connectivity index (χ2n) is 7.88. The molecule has 0 radical (unpaired) electrons. The summed E-state index contributed by atoms with van der Waals surface area (Å²) in [6, 6.07) is 18.2. The van der Waals surface area contributed by atoms with Crippen LogP contribution in [0.15, 0.2) is 65.6 Å². The molecular weight excluding hydrogens is 469 g/mol. The summed E-state index contributed by atoms with van der Waals surface area (Å²) < 4.78 is 27.2. The number of β-amino-alcohol motifs (C(OH)–C–C–N with tert-alkyl or cyclic N) is 1. The van der Waals surface area contributed by atoms with Crippen LogP contribution in [0.5, 0.6) is 0 Å². The van der Waals surface area contributed by atoms with E-state index in [0.717, 1.165) is 16.5 Å². The molecule has 3 aromatic carbocycles. The lowest BCUT2D eigenvalue weighted by atomic mass is 10.1. The molecule has 1 atom stereocenters. The minimum absolute atomic E-state index is 0.136. The molecule has 0 aliphatic carbocycles. The Kier molecular flexibility index (Phi) is 7.24. The molecule has 32 heavy (non-hydrogen) atoms. The van der Waals surface area contributed by atoms with Crippen molar-refractivity contribution >= 4 is 49.7 Å². The number of sulfonamides is 1. The van der Waals surface area contributed by atoms with E-state index in [1.54, 1.807) is 18.2 Å². The number of halogens is 2. The van der Waals surface area contributed by atoms with Crippen molar-refractivity contribution in [1.29, 1.82) is 0 Å². The number of anilines is 1. The molecule has 0 bridgehead atoms. The molecule has 170 valence electrons. The van der Waals surface area contributed by atoms with Crippen LogP contribution in [0.4, 0.5) is 5.69 Å². The zero-order valence-electron chi connectivity index (χ0n) is 17.4. The van der Waals surface area contributed by atoms with Crippen LogP contribution in [0.25, 0.3) is 10.8 Å². The molecule has 1 fully saturated rings. The topological polar surface area (TPSA) is 72.9 Å². The molecule has 0 aromatic heterocycles. The molecule has 0 spiro atoms. The Bertz CT molecular complexity index is 1200. The summed E-state index contributed by atoms with van der Waals surface area (Å²) in [5.41, 5.74) is 0.925. The van der Waals surface area contributed by atoms with Crippen LogP contribution < -0.4 is 5.32 Å². The second-order valence-corrected chi connectivity index (χ2v) is 10.6. The van der Waals surface area contributed by atoms with Crippen molar-refractivity contribution in [3.8, 4) is 0 Å². The fraction of sp³-hybridized carbons (Fsp3) is 0.304. The van der Waals surface area contributed by atoms with Gasteiger partial charge < -0.3 is 10.4 Å². The van der Waals surface area contributed by atoms with Crippen LogP contribution in [0.3, 0.4) is 0 Å². The fourth-order valence-electron chi connectivity index (χ4n) is 3.87. The first-order valence-electron chi connectivity index (χ1n) is 10.4. The van der Waals surface area contributed by atoms with Gasteiger partial charge in [0.1, 0.15) is 4.90 Å². The quantitative estimate of drug-likeness (QED) is 0.521. The number of nitrogens with one attached hydrogen (secondary N) is 1. The standard InChI is InChI=1S/C23H25Cl2N3O3S/c24-19-7-5-18-14-20(8-6-17(18)13-19)26-15-21(29)16-27-9-11-28(12-10-27)32(30,31)23-4-2-1-3-22(23)25/h1-8,13-14,21,26,29H,9-12,15-16H2. The highest BCUT2D eigenvalue weighted by molar-refractivity contribution is 7.89. The lowest BCUT2D eigenvalue weighted by Gasteiger charge is -2.35. The number of aliphatic hydroxyl groups is 1. The van der Waals surface area contributed by atoms with E-state index in [4.69, 9.17) is 23.2 Å². The number of hydrogen-bond acceptors (Lipinski definition) is 5. The Morgan fingerprint density at radius 3 is 2.38 bits per heavy atom. The Labute approximate surface area is 198 Å². The zero-order chi connectivity index (χ0) is 22.7. The maximum atomic E-state index is 12.9. The lowest BCUT2D eigenvalue weighted by Crippen LogP contribution is -2.50. The van der Waals surface area contributed by atoms with Crippen molar-refractivity contribution in [2.75, 3.05) is 44.6 Å². The van der Waals surface area contributed by atoms with Gasteiger partial charge in [0.25, 0.3) is 0 Å². The molecule has 6 nitrogen and oxygen atoms in total. The van der Waals surface area contributed by atoms with Crippen LogP contribution in [-0.2, 0) is 10.0 Å².